The Morgan fingerprint density at radius 2 is 2.05 bits per heavy atom. The zero-order valence-electron chi connectivity index (χ0n) is 12.4. The summed E-state index contributed by atoms with van der Waals surface area (Å²) < 4.78 is 0. The fraction of sp³-hybridized carbons (Fsp3) is 0.375. The zero-order valence-corrected chi connectivity index (χ0v) is 12.4. The van der Waals surface area contributed by atoms with E-state index in [2.05, 4.69) is 15.0 Å². The standard InChI is InChI=1S/C16H18N4O2/c1-11-7-19-14(8-18-11)16(22)20-9-13(15(21)10-20)6-12-2-4-17-5-3-12/h2-5,7-8,13,15,21H,6,9-10H2,1H3/t13-,15-/m1/s1. The highest BCUT2D eigenvalue weighted by molar-refractivity contribution is 5.92. The number of aliphatic hydroxyl groups is 1. The molecular formula is C16H18N4O2. The van der Waals surface area contributed by atoms with Crippen LogP contribution < -0.4 is 0 Å². The number of carbonyl (C=O) groups excluding carboxylic acids is 1. The van der Waals surface area contributed by atoms with Crippen LogP contribution in [0.25, 0.3) is 0 Å². The topological polar surface area (TPSA) is 79.2 Å². The van der Waals surface area contributed by atoms with Gasteiger partial charge in [0.15, 0.2) is 0 Å². The maximum atomic E-state index is 12.4. The Morgan fingerprint density at radius 1 is 1.27 bits per heavy atom. The average Bonchev–Trinajstić information content (AvgIpc) is 2.89. The predicted octanol–water partition coefficient (Wildman–Crippen LogP) is 0.856. The van der Waals surface area contributed by atoms with Crippen LogP contribution in [-0.2, 0) is 6.42 Å². The van der Waals surface area contributed by atoms with Crippen LogP contribution in [0, 0.1) is 12.8 Å². The lowest BCUT2D eigenvalue weighted by atomic mass is 9.97. The molecule has 0 bridgehead atoms. The number of β-amino-alcohol motifs (C(OH)–C–C–N with tert-alkyl or cyclic N) is 1. The van der Waals surface area contributed by atoms with E-state index in [9.17, 15) is 9.90 Å². The van der Waals surface area contributed by atoms with Gasteiger partial charge in [-0.05, 0) is 31.0 Å². The van der Waals surface area contributed by atoms with Gasteiger partial charge in [-0.15, -0.1) is 0 Å². The largest absolute Gasteiger partial charge is 0.391 e. The molecule has 0 radical (unpaired) electrons. The third kappa shape index (κ3) is 3.12. The van der Waals surface area contributed by atoms with Gasteiger partial charge in [-0.1, -0.05) is 0 Å². The summed E-state index contributed by atoms with van der Waals surface area (Å²) in [6, 6.07) is 3.87. The van der Waals surface area contributed by atoms with E-state index < -0.39 is 6.10 Å². The number of carbonyl (C=O) groups is 1. The van der Waals surface area contributed by atoms with Gasteiger partial charge in [-0.3, -0.25) is 14.8 Å². The number of pyridine rings is 1. The Bertz CT molecular complexity index is 645. The number of aliphatic hydroxyl groups excluding tert-OH is 1. The summed E-state index contributed by atoms with van der Waals surface area (Å²) in [5.74, 6) is -0.145. The molecule has 22 heavy (non-hydrogen) atoms. The van der Waals surface area contributed by atoms with Gasteiger partial charge in [0.1, 0.15) is 5.69 Å². The van der Waals surface area contributed by atoms with Gasteiger partial charge in [0.05, 0.1) is 18.0 Å². The molecule has 2 aromatic heterocycles. The molecule has 1 fully saturated rings. The second-order valence-electron chi connectivity index (χ2n) is 5.64. The Labute approximate surface area is 128 Å². The molecule has 3 heterocycles. The van der Waals surface area contributed by atoms with E-state index in [1.807, 2.05) is 19.1 Å². The summed E-state index contributed by atoms with van der Waals surface area (Å²) in [6.45, 7) is 2.69. The SMILES string of the molecule is Cc1cnc(C(=O)N2C[C@@H](Cc3ccncc3)[C@H](O)C2)cn1. The van der Waals surface area contributed by atoms with Gasteiger partial charge in [-0.25, -0.2) is 4.98 Å². The van der Waals surface area contributed by atoms with Crippen molar-refractivity contribution in [1.29, 1.82) is 0 Å². The first kappa shape index (κ1) is 14.6. The summed E-state index contributed by atoms with van der Waals surface area (Å²) in [4.78, 5) is 26.3. The summed E-state index contributed by atoms with van der Waals surface area (Å²) in [5.41, 5.74) is 2.21. The molecule has 0 saturated carbocycles. The second kappa shape index (κ2) is 6.19. The van der Waals surface area contributed by atoms with Gasteiger partial charge >= 0.3 is 0 Å². The highest BCUT2D eigenvalue weighted by atomic mass is 16.3. The van der Waals surface area contributed by atoms with Gasteiger partial charge in [-0.2, -0.15) is 0 Å². The number of aromatic nitrogens is 3. The van der Waals surface area contributed by atoms with Crippen LogP contribution in [0.15, 0.2) is 36.9 Å². The molecule has 6 heteroatoms. The van der Waals surface area contributed by atoms with Gasteiger partial charge in [0, 0.05) is 37.6 Å². The van der Waals surface area contributed by atoms with Crippen molar-refractivity contribution in [3.05, 3.63) is 53.9 Å². The third-order valence-corrected chi connectivity index (χ3v) is 3.94. The molecule has 0 aliphatic carbocycles. The maximum Gasteiger partial charge on any atom is 0.274 e. The molecule has 1 N–H and O–H groups in total. The molecule has 1 aliphatic heterocycles. The van der Waals surface area contributed by atoms with Crippen LogP contribution in [-0.4, -0.2) is 50.1 Å². The summed E-state index contributed by atoms with van der Waals surface area (Å²) >= 11 is 0. The first-order chi connectivity index (χ1) is 10.6. The number of nitrogens with zero attached hydrogens (tertiary/aromatic N) is 4. The van der Waals surface area contributed by atoms with Crippen molar-refractivity contribution in [3.63, 3.8) is 0 Å². The number of aryl methyl sites for hydroxylation is 1. The molecule has 3 rings (SSSR count). The van der Waals surface area contributed by atoms with E-state index in [1.165, 1.54) is 6.20 Å². The zero-order chi connectivity index (χ0) is 15.5. The number of hydrogen-bond donors (Lipinski definition) is 1. The van der Waals surface area contributed by atoms with Crippen LogP contribution in [0.4, 0.5) is 0 Å². The molecule has 2 aromatic rings. The molecule has 0 aromatic carbocycles. The van der Waals surface area contributed by atoms with Crippen molar-refractivity contribution in [2.75, 3.05) is 13.1 Å². The minimum absolute atomic E-state index is 0.0322. The average molecular weight is 298 g/mol. The normalized spacial score (nSPS) is 21.1. The molecule has 2 atom stereocenters. The second-order valence-corrected chi connectivity index (χ2v) is 5.64. The Balaban J connectivity index is 1.67. The van der Waals surface area contributed by atoms with Gasteiger partial charge < -0.3 is 10.0 Å². The molecule has 1 saturated heterocycles. The van der Waals surface area contributed by atoms with Gasteiger partial charge in [0.2, 0.25) is 0 Å². The Hall–Kier alpha value is -2.34. The van der Waals surface area contributed by atoms with Crippen LogP contribution in [0.1, 0.15) is 21.7 Å². The number of likely N-dealkylation sites (tertiary alicyclic amines) is 1. The van der Waals surface area contributed by atoms with Crippen molar-refractivity contribution in [3.8, 4) is 0 Å². The van der Waals surface area contributed by atoms with E-state index in [0.717, 1.165) is 17.7 Å². The fourth-order valence-electron chi connectivity index (χ4n) is 2.71. The van der Waals surface area contributed by atoms with Crippen molar-refractivity contribution in [2.24, 2.45) is 5.92 Å². The lowest BCUT2D eigenvalue weighted by molar-refractivity contribution is 0.0758. The van der Waals surface area contributed by atoms with Gasteiger partial charge in [0.25, 0.3) is 5.91 Å². The fourth-order valence-corrected chi connectivity index (χ4v) is 2.71. The Morgan fingerprint density at radius 3 is 2.73 bits per heavy atom. The first-order valence-corrected chi connectivity index (χ1v) is 7.28. The molecule has 114 valence electrons. The Kier molecular flexibility index (Phi) is 4.11. The van der Waals surface area contributed by atoms with E-state index in [1.54, 1.807) is 23.5 Å². The maximum absolute atomic E-state index is 12.4. The minimum Gasteiger partial charge on any atom is -0.391 e. The highest BCUT2D eigenvalue weighted by Crippen LogP contribution is 2.22. The van der Waals surface area contributed by atoms with Crippen molar-refractivity contribution in [1.82, 2.24) is 19.9 Å². The smallest absolute Gasteiger partial charge is 0.274 e. The number of rotatable bonds is 3. The number of hydrogen-bond acceptors (Lipinski definition) is 5. The van der Waals surface area contributed by atoms with Crippen molar-refractivity contribution in [2.45, 2.75) is 19.4 Å². The quantitative estimate of drug-likeness (QED) is 0.909. The molecule has 0 unspecified atom stereocenters. The van der Waals surface area contributed by atoms with E-state index in [0.29, 0.717) is 18.8 Å². The lowest BCUT2D eigenvalue weighted by Crippen LogP contribution is -2.30. The summed E-state index contributed by atoms with van der Waals surface area (Å²) in [5, 5.41) is 10.2. The molecule has 1 amide bonds. The molecule has 6 nitrogen and oxygen atoms in total. The van der Waals surface area contributed by atoms with Crippen LogP contribution in [0.5, 0.6) is 0 Å². The predicted molar refractivity (Wildman–Crippen MR) is 80.1 cm³/mol. The van der Waals surface area contributed by atoms with Crippen LogP contribution in [0.3, 0.4) is 0 Å². The monoisotopic (exact) mass is 298 g/mol. The summed E-state index contributed by atoms with van der Waals surface area (Å²) in [6.07, 6.45) is 6.75. The molecule has 1 aliphatic rings. The number of amides is 1. The van der Waals surface area contributed by atoms with Crippen molar-refractivity contribution >= 4 is 5.91 Å². The van der Waals surface area contributed by atoms with Crippen LogP contribution >= 0.6 is 0 Å². The van der Waals surface area contributed by atoms with E-state index in [4.69, 9.17) is 0 Å². The molecular weight excluding hydrogens is 280 g/mol. The third-order valence-electron chi connectivity index (χ3n) is 3.94. The first-order valence-electron chi connectivity index (χ1n) is 7.28. The van der Waals surface area contributed by atoms with E-state index >= 15 is 0 Å². The van der Waals surface area contributed by atoms with Crippen molar-refractivity contribution < 1.29 is 9.90 Å². The van der Waals surface area contributed by atoms with E-state index in [-0.39, 0.29) is 11.8 Å². The minimum atomic E-state index is -0.518. The van der Waals surface area contributed by atoms with Crippen LogP contribution in [0.2, 0.25) is 0 Å². The lowest BCUT2D eigenvalue weighted by Gasteiger charge is -2.15. The highest BCUT2D eigenvalue weighted by Gasteiger charge is 2.34. The summed E-state index contributed by atoms with van der Waals surface area (Å²) in [7, 11) is 0. The molecule has 0 spiro atoms.